The maximum absolute atomic E-state index is 12.4. The number of hydrogen-bond acceptors (Lipinski definition) is 6. The quantitative estimate of drug-likeness (QED) is 0.684. The highest BCUT2D eigenvalue weighted by Crippen LogP contribution is 2.31. The summed E-state index contributed by atoms with van der Waals surface area (Å²) in [4.78, 5) is 16.5. The number of carbonyl (C=O) groups excluding carboxylic acids is 1. The van der Waals surface area contributed by atoms with Gasteiger partial charge in [-0.2, -0.15) is 0 Å². The van der Waals surface area contributed by atoms with Crippen molar-refractivity contribution in [3.8, 4) is 17.1 Å². The summed E-state index contributed by atoms with van der Waals surface area (Å²) < 4.78 is 7.52. The molecule has 1 aromatic carbocycles. The Morgan fingerprint density at radius 3 is 3.04 bits per heavy atom. The molecule has 1 aliphatic heterocycles. The van der Waals surface area contributed by atoms with Crippen molar-refractivity contribution in [1.82, 2.24) is 25.1 Å². The number of amides is 1. The molecule has 4 rings (SSSR count). The van der Waals surface area contributed by atoms with E-state index < -0.39 is 0 Å². The molecule has 1 atom stereocenters. The monoisotopic (exact) mass is 381 g/mol. The average Bonchev–Trinajstić information content (AvgIpc) is 3.08. The fourth-order valence-electron chi connectivity index (χ4n) is 3.05. The van der Waals surface area contributed by atoms with E-state index in [1.807, 2.05) is 48.0 Å². The number of pyridine rings is 1. The number of para-hydroxylation sites is 1. The van der Waals surface area contributed by atoms with E-state index >= 15 is 0 Å². The average molecular weight is 381 g/mol. The smallest absolute Gasteiger partial charge is 0.230 e. The third-order valence-electron chi connectivity index (χ3n) is 4.38. The number of nitrogens with zero attached hydrogens (tertiary/aromatic N) is 4. The highest BCUT2D eigenvalue weighted by atomic mass is 32.2. The Morgan fingerprint density at radius 2 is 2.19 bits per heavy atom. The highest BCUT2D eigenvalue weighted by molar-refractivity contribution is 7.99. The normalized spacial score (nSPS) is 15.7. The molecule has 0 fully saturated rings. The second-order valence-corrected chi connectivity index (χ2v) is 7.13. The predicted molar refractivity (Wildman–Crippen MR) is 102 cm³/mol. The zero-order valence-corrected chi connectivity index (χ0v) is 15.6. The van der Waals surface area contributed by atoms with Gasteiger partial charge in [0.25, 0.3) is 0 Å². The second-order valence-electron chi connectivity index (χ2n) is 6.19. The van der Waals surface area contributed by atoms with Crippen molar-refractivity contribution in [3.63, 3.8) is 0 Å². The summed E-state index contributed by atoms with van der Waals surface area (Å²) in [5.41, 5.74) is 1.92. The zero-order chi connectivity index (χ0) is 18.6. The van der Waals surface area contributed by atoms with Gasteiger partial charge in [0.1, 0.15) is 5.75 Å². The van der Waals surface area contributed by atoms with Crippen LogP contribution in [0.3, 0.4) is 0 Å². The standard InChI is InChI=1S/C19H19N5O2S/c1-24-18(13-5-4-9-20-11-13)22-23-19(24)27-12-17(25)21-15-8-10-26-16-7-3-2-6-14(15)16/h2-7,9,11,15H,8,10,12H2,1H3,(H,21,25). The SMILES string of the molecule is Cn1c(SCC(=O)NC2CCOc3ccccc32)nnc1-c1cccnc1. The van der Waals surface area contributed by atoms with E-state index in [4.69, 9.17) is 4.74 Å². The van der Waals surface area contributed by atoms with Crippen molar-refractivity contribution in [3.05, 3.63) is 54.4 Å². The van der Waals surface area contributed by atoms with Gasteiger partial charge >= 0.3 is 0 Å². The molecule has 1 unspecified atom stereocenters. The maximum atomic E-state index is 12.4. The molecular formula is C19H19N5O2S. The van der Waals surface area contributed by atoms with Crippen LogP contribution in [-0.4, -0.2) is 38.0 Å². The van der Waals surface area contributed by atoms with Crippen LogP contribution in [0.2, 0.25) is 0 Å². The Kier molecular flexibility index (Phi) is 5.06. The number of aromatic nitrogens is 4. The number of hydrogen-bond donors (Lipinski definition) is 1. The summed E-state index contributed by atoms with van der Waals surface area (Å²) >= 11 is 1.37. The third kappa shape index (κ3) is 3.80. The number of ether oxygens (including phenoxy) is 1. The highest BCUT2D eigenvalue weighted by Gasteiger charge is 2.23. The van der Waals surface area contributed by atoms with E-state index in [1.54, 1.807) is 12.4 Å². The summed E-state index contributed by atoms with van der Waals surface area (Å²) in [6, 6.07) is 11.6. The van der Waals surface area contributed by atoms with E-state index in [2.05, 4.69) is 20.5 Å². The number of rotatable bonds is 5. The van der Waals surface area contributed by atoms with E-state index in [-0.39, 0.29) is 17.7 Å². The van der Waals surface area contributed by atoms with Crippen molar-refractivity contribution < 1.29 is 9.53 Å². The fraction of sp³-hybridized carbons (Fsp3) is 0.263. The van der Waals surface area contributed by atoms with E-state index in [9.17, 15) is 4.79 Å². The Labute approximate surface area is 161 Å². The molecule has 1 aliphatic rings. The lowest BCUT2D eigenvalue weighted by Crippen LogP contribution is -2.33. The Hall–Kier alpha value is -2.87. The van der Waals surface area contributed by atoms with Crippen molar-refractivity contribution in [2.24, 2.45) is 7.05 Å². The predicted octanol–water partition coefficient (Wildman–Crippen LogP) is 2.61. The van der Waals surface area contributed by atoms with Gasteiger partial charge in [-0.25, -0.2) is 0 Å². The number of benzene rings is 1. The van der Waals surface area contributed by atoms with Crippen LogP contribution in [0, 0.1) is 0 Å². The molecular weight excluding hydrogens is 362 g/mol. The first kappa shape index (κ1) is 17.5. The van der Waals surface area contributed by atoms with Crippen LogP contribution in [-0.2, 0) is 11.8 Å². The zero-order valence-electron chi connectivity index (χ0n) is 14.8. The molecule has 0 bridgehead atoms. The van der Waals surface area contributed by atoms with Gasteiger partial charge < -0.3 is 14.6 Å². The first-order valence-corrected chi connectivity index (χ1v) is 9.64. The second kappa shape index (κ2) is 7.79. The topological polar surface area (TPSA) is 81.9 Å². The molecule has 8 heteroatoms. The number of nitrogens with one attached hydrogen (secondary N) is 1. The molecule has 138 valence electrons. The third-order valence-corrected chi connectivity index (χ3v) is 5.40. The molecule has 1 amide bonds. The molecule has 27 heavy (non-hydrogen) atoms. The molecule has 1 N–H and O–H groups in total. The minimum Gasteiger partial charge on any atom is -0.493 e. The van der Waals surface area contributed by atoms with Crippen LogP contribution < -0.4 is 10.1 Å². The van der Waals surface area contributed by atoms with Crippen molar-refractivity contribution >= 4 is 17.7 Å². The van der Waals surface area contributed by atoms with E-state index in [1.165, 1.54) is 11.8 Å². The summed E-state index contributed by atoms with van der Waals surface area (Å²) in [6.45, 7) is 0.604. The lowest BCUT2D eigenvalue weighted by atomic mass is 10.0. The largest absolute Gasteiger partial charge is 0.493 e. The summed E-state index contributed by atoms with van der Waals surface area (Å²) in [5.74, 6) is 1.81. The van der Waals surface area contributed by atoms with Crippen molar-refractivity contribution in [2.75, 3.05) is 12.4 Å². The van der Waals surface area contributed by atoms with Gasteiger partial charge in [0, 0.05) is 37.0 Å². The molecule has 0 saturated carbocycles. The van der Waals surface area contributed by atoms with Gasteiger partial charge in [0.15, 0.2) is 11.0 Å². The Morgan fingerprint density at radius 1 is 1.30 bits per heavy atom. The lowest BCUT2D eigenvalue weighted by Gasteiger charge is -2.26. The summed E-state index contributed by atoms with van der Waals surface area (Å²) in [6.07, 6.45) is 4.23. The van der Waals surface area contributed by atoms with Crippen molar-refractivity contribution in [2.45, 2.75) is 17.6 Å². The Balaban J connectivity index is 1.39. The van der Waals surface area contributed by atoms with Crippen LogP contribution >= 0.6 is 11.8 Å². The van der Waals surface area contributed by atoms with E-state index in [0.29, 0.717) is 11.8 Å². The maximum Gasteiger partial charge on any atom is 0.230 e. The van der Waals surface area contributed by atoms with Gasteiger partial charge in [-0.1, -0.05) is 30.0 Å². The minimum absolute atomic E-state index is 0.0199. The summed E-state index contributed by atoms with van der Waals surface area (Å²) in [5, 5.41) is 12.2. The molecule has 0 aliphatic carbocycles. The van der Waals surface area contributed by atoms with Gasteiger partial charge in [-0.3, -0.25) is 9.78 Å². The Bertz CT molecular complexity index is 944. The number of carbonyl (C=O) groups is 1. The first-order valence-electron chi connectivity index (χ1n) is 8.66. The molecule has 3 aromatic rings. The van der Waals surface area contributed by atoms with Crippen LogP contribution in [0.1, 0.15) is 18.0 Å². The van der Waals surface area contributed by atoms with Gasteiger partial charge in [0.05, 0.1) is 18.4 Å². The van der Waals surface area contributed by atoms with Crippen LogP contribution in [0.5, 0.6) is 5.75 Å². The van der Waals surface area contributed by atoms with Crippen LogP contribution in [0.25, 0.3) is 11.4 Å². The molecule has 2 aromatic heterocycles. The van der Waals surface area contributed by atoms with Crippen LogP contribution in [0.15, 0.2) is 53.9 Å². The fourth-order valence-corrected chi connectivity index (χ4v) is 3.77. The molecule has 7 nitrogen and oxygen atoms in total. The van der Waals surface area contributed by atoms with Crippen molar-refractivity contribution in [1.29, 1.82) is 0 Å². The number of thioether (sulfide) groups is 1. The molecule has 0 saturated heterocycles. The van der Waals surface area contributed by atoms with Gasteiger partial charge in [-0.15, -0.1) is 10.2 Å². The first-order chi connectivity index (χ1) is 13.2. The van der Waals surface area contributed by atoms with Gasteiger partial charge in [-0.05, 0) is 18.2 Å². The summed E-state index contributed by atoms with van der Waals surface area (Å²) in [7, 11) is 1.89. The molecule has 0 spiro atoms. The van der Waals surface area contributed by atoms with E-state index in [0.717, 1.165) is 29.1 Å². The van der Waals surface area contributed by atoms with Gasteiger partial charge in [0.2, 0.25) is 5.91 Å². The van der Waals surface area contributed by atoms with Crippen LogP contribution in [0.4, 0.5) is 0 Å². The lowest BCUT2D eigenvalue weighted by molar-refractivity contribution is -0.119. The molecule has 3 heterocycles. The number of fused-ring (bicyclic) bond motifs is 1. The molecule has 0 radical (unpaired) electrons. The minimum atomic E-state index is -0.0346.